The molecule has 0 bridgehead atoms. The van der Waals surface area contributed by atoms with Gasteiger partial charge in [-0.2, -0.15) is 0 Å². The number of carbonyl (C=O) groups excluding carboxylic acids is 1. The van der Waals surface area contributed by atoms with Gasteiger partial charge in [-0.05, 0) is 24.1 Å². The van der Waals surface area contributed by atoms with E-state index < -0.39 is 5.82 Å². The molecule has 0 aliphatic rings. The second-order valence-corrected chi connectivity index (χ2v) is 4.87. The SMILES string of the molecule is COCCN(CC(C)C)C(=O)c1ccc(N)c(F)c1. The Hall–Kier alpha value is -1.62. The molecule has 1 rings (SSSR count). The third-order valence-electron chi connectivity index (χ3n) is 2.69. The second kappa shape index (κ2) is 7.09. The van der Waals surface area contributed by atoms with Crippen LogP contribution in [0.4, 0.5) is 10.1 Å². The van der Waals surface area contributed by atoms with E-state index in [0.29, 0.717) is 31.2 Å². The first-order chi connectivity index (χ1) is 8.95. The number of carbonyl (C=O) groups is 1. The zero-order valence-electron chi connectivity index (χ0n) is 11.6. The molecule has 0 aromatic heterocycles. The highest BCUT2D eigenvalue weighted by Gasteiger charge is 2.17. The number of nitrogen functional groups attached to an aromatic ring is 1. The number of rotatable bonds is 6. The highest BCUT2D eigenvalue weighted by Crippen LogP contribution is 2.14. The van der Waals surface area contributed by atoms with Crippen molar-refractivity contribution in [2.75, 3.05) is 32.5 Å². The molecular weight excluding hydrogens is 247 g/mol. The van der Waals surface area contributed by atoms with E-state index in [1.165, 1.54) is 12.1 Å². The molecule has 0 aliphatic heterocycles. The summed E-state index contributed by atoms with van der Waals surface area (Å²) in [5.41, 5.74) is 5.76. The molecule has 0 atom stereocenters. The molecule has 0 radical (unpaired) electrons. The third kappa shape index (κ3) is 4.52. The molecule has 0 heterocycles. The Labute approximate surface area is 113 Å². The lowest BCUT2D eigenvalue weighted by atomic mass is 10.1. The van der Waals surface area contributed by atoms with Crippen LogP contribution in [-0.4, -0.2) is 37.6 Å². The fraction of sp³-hybridized carbons (Fsp3) is 0.500. The molecule has 1 aromatic rings. The predicted molar refractivity (Wildman–Crippen MR) is 73.4 cm³/mol. The van der Waals surface area contributed by atoms with E-state index in [-0.39, 0.29) is 11.6 Å². The van der Waals surface area contributed by atoms with Gasteiger partial charge in [0.2, 0.25) is 0 Å². The van der Waals surface area contributed by atoms with Crippen LogP contribution in [0.15, 0.2) is 18.2 Å². The van der Waals surface area contributed by atoms with Gasteiger partial charge in [0.25, 0.3) is 5.91 Å². The molecule has 106 valence electrons. The minimum Gasteiger partial charge on any atom is -0.396 e. The van der Waals surface area contributed by atoms with E-state index in [1.54, 1.807) is 18.1 Å². The average molecular weight is 268 g/mol. The van der Waals surface area contributed by atoms with Gasteiger partial charge in [-0.25, -0.2) is 4.39 Å². The smallest absolute Gasteiger partial charge is 0.254 e. The number of nitrogens with two attached hydrogens (primary N) is 1. The first-order valence-corrected chi connectivity index (χ1v) is 6.29. The van der Waals surface area contributed by atoms with E-state index in [0.717, 1.165) is 0 Å². The van der Waals surface area contributed by atoms with Crippen molar-refractivity contribution in [3.63, 3.8) is 0 Å². The number of methoxy groups -OCH3 is 1. The summed E-state index contributed by atoms with van der Waals surface area (Å²) in [7, 11) is 1.58. The van der Waals surface area contributed by atoms with Crippen molar-refractivity contribution in [3.05, 3.63) is 29.6 Å². The van der Waals surface area contributed by atoms with Crippen molar-refractivity contribution < 1.29 is 13.9 Å². The quantitative estimate of drug-likeness (QED) is 0.804. The fourth-order valence-corrected chi connectivity index (χ4v) is 1.76. The van der Waals surface area contributed by atoms with Crippen LogP contribution < -0.4 is 5.73 Å². The average Bonchev–Trinajstić information content (AvgIpc) is 2.36. The molecule has 19 heavy (non-hydrogen) atoms. The minimum absolute atomic E-state index is 0.0452. The summed E-state index contributed by atoms with van der Waals surface area (Å²) < 4.78 is 18.4. The highest BCUT2D eigenvalue weighted by molar-refractivity contribution is 5.94. The Morgan fingerprint density at radius 1 is 1.47 bits per heavy atom. The highest BCUT2D eigenvalue weighted by atomic mass is 19.1. The molecular formula is C14H21FN2O2. The summed E-state index contributed by atoms with van der Waals surface area (Å²) in [5.74, 6) is -0.439. The zero-order valence-corrected chi connectivity index (χ0v) is 11.6. The van der Waals surface area contributed by atoms with Crippen molar-refractivity contribution >= 4 is 11.6 Å². The Balaban J connectivity index is 2.87. The molecule has 2 N–H and O–H groups in total. The first kappa shape index (κ1) is 15.4. The first-order valence-electron chi connectivity index (χ1n) is 6.29. The standard InChI is InChI=1S/C14H21FN2O2/c1-10(2)9-17(6-7-19-3)14(18)11-4-5-13(16)12(15)8-11/h4-5,8,10H,6-7,9,16H2,1-3H3. The van der Waals surface area contributed by atoms with Crippen LogP contribution in [-0.2, 0) is 4.74 Å². The van der Waals surface area contributed by atoms with Crippen LogP contribution >= 0.6 is 0 Å². The second-order valence-electron chi connectivity index (χ2n) is 4.87. The van der Waals surface area contributed by atoms with Crippen molar-refractivity contribution in [3.8, 4) is 0 Å². The van der Waals surface area contributed by atoms with Crippen LogP contribution in [0.1, 0.15) is 24.2 Å². The maximum Gasteiger partial charge on any atom is 0.254 e. The van der Waals surface area contributed by atoms with Crippen molar-refractivity contribution in [1.82, 2.24) is 4.90 Å². The number of ether oxygens (including phenoxy) is 1. The van der Waals surface area contributed by atoms with Crippen LogP contribution in [0.2, 0.25) is 0 Å². The number of benzene rings is 1. The normalized spacial score (nSPS) is 10.8. The number of amides is 1. The van der Waals surface area contributed by atoms with Gasteiger partial charge in [0.15, 0.2) is 0 Å². The maximum atomic E-state index is 13.4. The molecule has 0 saturated heterocycles. The van der Waals surface area contributed by atoms with Crippen LogP contribution in [0.3, 0.4) is 0 Å². The number of halogens is 1. The van der Waals surface area contributed by atoms with Gasteiger partial charge in [0.05, 0.1) is 12.3 Å². The van der Waals surface area contributed by atoms with Crippen molar-refractivity contribution in [1.29, 1.82) is 0 Å². The lowest BCUT2D eigenvalue weighted by Gasteiger charge is -2.24. The van der Waals surface area contributed by atoms with Gasteiger partial charge in [0, 0.05) is 25.8 Å². The number of hydrogen-bond donors (Lipinski definition) is 1. The van der Waals surface area contributed by atoms with Gasteiger partial charge in [-0.1, -0.05) is 13.8 Å². The number of hydrogen-bond acceptors (Lipinski definition) is 3. The fourth-order valence-electron chi connectivity index (χ4n) is 1.76. The Morgan fingerprint density at radius 3 is 2.68 bits per heavy atom. The summed E-state index contributed by atoms with van der Waals surface area (Å²) in [5, 5.41) is 0. The van der Waals surface area contributed by atoms with Gasteiger partial charge >= 0.3 is 0 Å². The maximum absolute atomic E-state index is 13.4. The van der Waals surface area contributed by atoms with Gasteiger partial charge in [0.1, 0.15) is 5.82 Å². The lowest BCUT2D eigenvalue weighted by molar-refractivity contribution is 0.0672. The molecule has 5 heteroatoms. The summed E-state index contributed by atoms with van der Waals surface area (Å²) in [6.45, 7) is 5.59. The monoisotopic (exact) mass is 268 g/mol. The molecule has 0 unspecified atom stereocenters. The van der Waals surface area contributed by atoms with E-state index in [2.05, 4.69) is 0 Å². The van der Waals surface area contributed by atoms with Crippen LogP contribution in [0, 0.1) is 11.7 Å². The van der Waals surface area contributed by atoms with E-state index in [4.69, 9.17) is 10.5 Å². The number of anilines is 1. The van der Waals surface area contributed by atoms with Crippen LogP contribution in [0.5, 0.6) is 0 Å². The van der Waals surface area contributed by atoms with Crippen molar-refractivity contribution in [2.45, 2.75) is 13.8 Å². The summed E-state index contributed by atoms with van der Waals surface area (Å²) in [6.07, 6.45) is 0. The van der Waals surface area contributed by atoms with Crippen LogP contribution in [0.25, 0.3) is 0 Å². The van der Waals surface area contributed by atoms with E-state index in [1.807, 2.05) is 13.8 Å². The molecule has 0 saturated carbocycles. The van der Waals surface area contributed by atoms with Gasteiger partial charge in [-0.3, -0.25) is 4.79 Å². The summed E-state index contributed by atoms with van der Waals surface area (Å²) >= 11 is 0. The Bertz CT molecular complexity index is 435. The Kier molecular flexibility index (Phi) is 5.76. The minimum atomic E-state index is -0.568. The molecule has 1 aromatic carbocycles. The molecule has 0 spiro atoms. The summed E-state index contributed by atoms with van der Waals surface area (Å²) in [6, 6.07) is 4.13. The Morgan fingerprint density at radius 2 is 2.16 bits per heavy atom. The topological polar surface area (TPSA) is 55.6 Å². The summed E-state index contributed by atoms with van der Waals surface area (Å²) in [4.78, 5) is 14.0. The van der Waals surface area contributed by atoms with Crippen molar-refractivity contribution in [2.24, 2.45) is 5.92 Å². The number of nitrogens with zero attached hydrogens (tertiary/aromatic N) is 1. The van der Waals surface area contributed by atoms with E-state index >= 15 is 0 Å². The molecule has 4 nitrogen and oxygen atoms in total. The third-order valence-corrected chi connectivity index (χ3v) is 2.69. The molecule has 1 amide bonds. The predicted octanol–water partition coefficient (Wildman–Crippen LogP) is 2.15. The zero-order chi connectivity index (χ0) is 14.4. The molecule has 0 aliphatic carbocycles. The largest absolute Gasteiger partial charge is 0.396 e. The van der Waals surface area contributed by atoms with Gasteiger partial charge < -0.3 is 15.4 Å². The molecule has 0 fully saturated rings. The van der Waals surface area contributed by atoms with Gasteiger partial charge in [-0.15, -0.1) is 0 Å². The lowest BCUT2D eigenvalue weighted by Crippen LogP contribution is -2.36. The van der Waals surface area contributed by atoms with E-state index in [9.17, 15) is 9.18 Å².